The number of anilines is 1. The minimum atomic E-state index is -0.137. The van der Waals surface area contributed by atoms with Crippen molar-refractivity contribution in [1.29, 1.82) is 0 Å². The summed E-state index contributed by atoms with van der Waals surface area (Å²) in [4.78, 5) is 38.3. The molecule has 5 rings (SSSR count). The Kier molecular flexibility index (Phi) is 6.52. The number of carbonyl (C=O) groups excluding carboxylic acids is 2. The van der Waals surface area contributed by atoms with Crippen LogP contribution in [0.25, 0.3) is 16.6 Å². The molecule has 2 aromatic carbocycles. The number of hydrogen-bond acceptors (Lipinski definition) is 5. The number of aromatic nitrogens is 3. The van der Waals surface area contributed by atoms with Crippen molar-refractivity contribution in [3.63, 3.8) is 0 Å². The summed E-state index contributed by atoms with van der Waals surface area (Å²) < 4.78 is 2.05. The number of carbonyl (C=O) groups is 2. The molecule has 1 aliphatic heterocycles. The molecule has 1 fully saturated rings. The van der Waals surface area contributed by atoms with Crippen molar-refractivity contribution in [2.45, 2.75) is 19.9 Å². The average Bonchev–Trinajstić information content (AvgIpc) is 3.48. The molecule has 0 spiro atoms. The Morgan fingerprint density at radius 3 is 2.64 bits per heavy atom. The van der Waals surface area contributed by atoms with Crippen LogP contribution in [0.2, 0.25) is 0 Å². The highest BCUT2D eigenvalue weighted by molar-refractivity contribution is 5.98. The Morgan fingerprint density at radius 1 is 1.08 bits per heavy atom. The molecule has 4 aromatic rings. The molecular formula is C28H30N6O2. The molecule has 0 saturated carbocycles. The maximum absolute atomic E-state index is 12.7. The summed E-state index contributed by atoms with van der Waals surface area (Å²) in [6.45, 7) is 3.72. The first kappa shape index (κ1) is 23.7. The maximum Gasteiger partial charge on any atom is 0.251 e. The summed E-state index contributed by atoms with van der Waals surface area (Å²) in [6.07, 6.45) is 4.16. The van der Waals surface area contributed by atoms with E-state index in [1.54, 1.807) is 17.2 Å². The van der Waals surface area contributed by atoms with Gasteiger partial charge in [-0.15, -0.1) is 0 Å². The zero-order valence-corrected chi connectivity index (χ0v) is 20.8. The number of rotatable bonds is 7. The minimum absolute atomic E-state index is 0.0613. The van der Waals surface area contributed by atoms with Gasteiger partial charge in [0.2, 0.25) is 5.91 Å². The van der Waals surface area contributed by atoms with Gasteiger partial charge in [-0.05, 0) is 69.6 Å². The second-order valence-corrected chi connectivity index (χ2v) is 9.61. The quantitative estimate of drug-likeness (QED) is 0.435. The highest BCUT2D eigenvalue weighted by Crippen LogP contribution is 2.26. The van der Waals surface area contributed by atoms with Crippen LogP contribution >= 0.6 is 0 Å². The van der Waals surface area contributed by atoms with Gasteiger partial charge in [-0.1, -0.05) is 6.07 Å². The van der Waals surface area contributed by atoms with E-state index in [1.165, 1.54) is 0 Å². The van der Waals surface area contributed by atoms with Crippen molar-refractivity contribution >= 4 is 28.4 Å². The molecule has 8 nitrogen and oxygen atoms in total. The van der Waals surface area contributed by atoms with E-state index in [9.17, 15) is 9.59 Å². The lowest BCUT2D eigenvalue weighted by molar-refractivity contribution is -0.117. The van der Waals surface area contributed by atoms with Gasteiger partial charge < -0.3 is 19.7 Å². The maximum atomic E-state index is 12.7. The Balaban J connectivity index is 1.21. The Labute approximate surface area is 210 Å². The number of imidazole rings is 1. The molecule has 1 saturated heterocycles. The number of nitrogens with one attached hydrogen (secondary N) is 1. The van der Waals surface area contributed by atoms with Crippen LogP contribution in [0, 0.1) is 12.8 Å². The van der Waals surface area contributed by atoms with E-state index in [2.05, 4.69) is 24.8 Å². The van der Waals surface area contributed by atoms with E-state index in [4.69, 9.17) is 0 Å². The van der Waals surface area contributed by atoms with Crippen molar-refractivity contribution in [3.05, 3.63) is 84.1 Å². The van der Waals surface area contributed by atoms with Crippen LogP contribution in [0.5, 0.6) is 0 Å². The monoisotopic (exact) mass is 482 g/mol. The van der Waals surface area contributed by atoms with Gasteiger partial charge in [-0.2, -0.15) is 0 Å². The number of nitrogens with zero attached hydrogens (tertiary/aromatic N) is 5. The van der Waals surface area contributed by atoms with E-state index in [0.29, 0.717) is 25.1 Å². The highest BCUT2D eigenvalue weighted by atomic mass is 16.2. The molecule has 1 N–H and O–H groups in total. The van der Waals surface area contributed by atoms with E-state index in [-0.39, 0.29) is 17.7 Å². The van der Waals surface area contributed by atoms with Crippen molar-refractivity contribution in [2.24, 2.45) is 5.92 Å². The largest absolute Gasteiger partial charge is 0.352 e. The lowest BCUT2D eigenvalue weighted by Gasteiger charge is -2.18. The van der Waals surface area contributed by atoms with Crippen molar-refractivity contribution in [2.75, 3.05) is 32.1 Å². The number of amides is 2. The number of fused-ring (bicyclic) bond motifs is 1. The first-order chi connectivity index (χ1) is 17.4. The predicted octanol–water partition coefficient (Wildman–Crippen LogP) is 3.57. The van der Waals surface area contributed by atoms with Crippen LogP contribution in [0.4, 0.5) is 5.69 Å². The lowest BCUT2D eigenvalue weighted by atomic mass is 10.1. The van der Waals surface area contributed by atoms with Gasteiger partial charge in [0, 0.05) is 65.8 Å². The second-order valence-electron chi connectivity index (χ2n) is 9.61. The normalized spacial score (nSPS) is 15.7. The van der Waals surface area contributed by atoms with Gasteiger partial charge in [0.15, 0.2) is 0 Å². The first-order valence-corrected chi connectivity index (χ1v) is 12.1. The Morgan fingerprint density at radius 2 is 1.86 bits per heavy atom. The number of pyridine rings is 1. The number of benzene rings is 2. The molecule has 0 aliphatic carbocycles. The van der Waals surface area contributed by atoms with Gasteiger partial charge in [-0.25, -0.2) is 4.98 Å². The predicted molar refractivity (Wildman–Crippen MR) is 140 cm³/mol. The van der Waals surface area contributed by atoms with Gasteiger partial charge >= 0.3 is 0 Å². The summed E-state index contributed by atoms with van der Waals surface area (Å²) in [5.74, 6) is 0.955. The molecule has 3 heterocycles. The van der Waals surface area contributed by atoms with Gasteiger partial charge in [-0.3, -0.25) is 14.6 Å². The third-order valence-corrected chi connectivity index (χ3v) is 6.46. The number of aryl methyl sites for hydroxylation is 1. The van der Waals surface area contributed by atoms with E-state index in [1.807, 2.05) is 75.7 Å². The topological polar surface area (TPSA) is 83.4 Å². The summed E-state index contributed by atoms with van der Waals surface area (Å²) >= 11 is 0. The molecule has 0 radical (unpaired) electrons. The van der Waals surface area contributed by atoms with Gasteiger partial charge in [0.1, 0.15) is 5.82 Å². The highest BCUT2D eigenvalue weighted by Gasteiger charge is 2.31. The molecular weight excluding hydrogens is 452 g/mol. The Hall–Kier alpha value is -4.04. The molecule has 36 heavy (non-hydrogen) atoms. The molecule has 2 amide bonds. The van der Waals surface area contributed by atoms with Crippen LogP contribution < -0.4 is 10.2 Å². The Bertz CT molecular complexity index is 1410. The van der Waals surface area contributed by atoms with Crippen molar-refractivity contribution in [3.8, 4) is 5.69 Å². The molecule has 0 bridgehead atoms. The lowest BCUT2D eigenvalue weighted by Crippen LogP contribution is -2.31. The van der Waals surface area contributed by atoms with E-state index < -0.39 is 0 Å². The van der Waals surface area contributed by atoms with E-state index >= 15 is 0 Å². The molecule has 184 valence electrons. The van der Waals surface area contributed by atoms with Crippen LogP contribution in [0.3, 0.4) is 0 Å². The van der Waals surface area contributed by atoms with Crippen LogP contribution in [-0.4, -0.2) is 58.4 Å². The summed E-state index contributed by atoms with van der Waals surface area (Å²) in [5.41, 5.74) is 4.28. The van der Waals surface area contributed by atoms with Crippen molar-refractivity contribution in [1.82, 2.24) is 24.8 Å². The fourth-order valence-corrected chi connectivity index (χ4v) is 4.64. The zero-order valence-electron chi connectivity index (χ0n) is 20.8. The van der Waals surface area contributed by atoms with Crippen LogP contribution in [0.15, 0.2) is 67.0 Å². The minimum Gasteiger partial charge on any atom is -0.352 e. The smallest absolute Gasteiger partial charge is 0.251 e. The summed E-state index contributed by atoms with van der Waals surface area (Å²) in [5, 5.41) is 3.94. The standard InChI is InChI=1S/C28H30N6O2/c1-19-4-5-21-15-22(6-11-25(21)31-19)28(36)30-16-20-14-27(35)34(17-20)24-9-7-23(8-10-24)33-13-12-29-26(33)18-32(2)3/h4-13,15,20H,14,16-18H2,1-3H3,(H,30,36). The van der Waals surface area contributed by atoms with E-state index in [0.717, 1.165) is 40.3 Å². The van der Waals surface area contributed by atoms with Gasteiger partial charge in [0.05, 0.1) is 12.1 Å². The molecule has 8 heteroatoms. The average molecular weight is 483 g/mol. The third-order valence-electron chi connectivity index (χ3n) is 6.46. The molecule has 1 aliphatic rings. The van der Waals surface area contributed by atoms with Crippen LogP contribution in [0.1, 0.15) is 28.3 Å². The molecule has 2 aromatic heterocycles. The van der Waals surface area contributed by atoms with Gasteiger partial charge in [0.25, 0.3) is 5.91 Å². The number of hydrogen-bond donors (Lipinski definition) is 1. The summed E-state index contributed by atoms with van der Waals surface area (Å²) in [7, 11) is 4.03. The molecule has 1 unspecified atom stereocenters. The van der Waals surface area contributed by atoms with Crippen LogP contribution in [-0.2, 0) is 11.3 Å². The fraction of sp³-hybridized carbons (Fsp3) is 0.286. The fourth-order valence-electron chi connectivity index (χ4n) is 4.64. The zero-order chi connectivity index (χ0) is 25.2. The van der Waals surface area contributed by atoms with Crippen molar-refractivity contribution < 1.29 is 9.59 Å². The first-order valence-electron chi connectivity index (χ1n) is 12.1. The SMILES string of the molecule is Cc1ccc2cc(C(=O)NCC3CC(=O)N(c4ccc(-n5ccnc5CN(C)C)cc4)C3)ccc2n1. The summed E-state index contributed by atoms with van der Waals surface area (Å²) in [6, 6.07) is 17.4. The third kappa shape index (κ3) is 4.99. The second kappa shape index (κ2) is 9.91. The molecule has 1 atom stereocenters.